The maximum absolute atomic E-state index is 14.0. The van der Waals surface area contributed by atoms with E-state index in [2.05, 4.69) is 10.5 Å². The van der Waals surface area contributed by atoms with Crippen LogP contribution in [0.2, 0.25) is 0 Å². The van der Waals surface area contributed by atoms with Crippen molar-refractivity contribution in [2.75, 3.05) is 11.5 Å². The number of aryl methyl sites for hydroxylation is 1. The highest BCUT2D eigenvalue weighted by Gasteiger charge is 2.63. The second kappa shape index (κ2) is 7.75. The highest BCUT2D eigenvalue weighted by Crippen LogP contribution is 2.49. The summed E-state index contributed by atoms with van der Waals surface area (Å²) in [5.74, 6) is 1.37. The van der Waals surface area contributed by atoms with Gasteiger partial charge < -0.3 is 15.1 Å². The van der Waals surface area contributed by atoms with Gasteiger partial charge in [0.2, 0.25) is 0 Å². The Hall–Kier alpha value is -2.63. The van der Waals surface area contributed by atoms with Gasteiger partial charge in [-0.15, -0.1) is 0 Å². The van der Waals surface area contributed by atoms with Crippen molar-refractivity contribution in [3.05, 3.63) is 58.4 Å². The molecule has 0 aliphatic carbocycles. The highest BCUT2D eigenvalue weighted by molar-refractivity contribution is 8.00. The number of alkyl halides is 6. The molecule has 172 valence electrons. The SMILES string of the molecule is Cc1cc(C2=NOC(c3c[nH]c(C(F)(F)F)c3)(C(F)(F)F)C2)ccc1C(=O)NC1CSC1. The number of aromatic amines is 1. The standard InChI is InChI=1S/C20H17F6N3O2S/c1-10-4-11(2-3-14(10)17(30)28-13-8-32-9-13)15-6-18(31-29-15,20(24,25)26)12-5-16(27-7-12)19(21,22)23/h2-5,7,13,27H,6,8-9H2,1H3,(H,28,30). The van der Waals surface area contributed by atoms with Crippen molar-refractivity contribution in [2.45, 2.75) is 37.3 Å². The van der Waals surface area contributed by atoms with E-state index in [1.807, 2.05) is 4.98 Å². The van der Waals surface area contributed by atoms with E-state index < -0.39 is 35.6 Å². The van der Waals surface area contributed by atoms with Crippen LogP contribution in [0.25, 0.3) is 0 Å². The van der Waals surface area contributed by atoms with Gasteiger partial charge in [0.1, 0.15) is 5.69 Å². The molecule has 1 fully saturated rings. The first-order chi connectivity index (χ1) is 14.9. The molecule has 4 rings (SSSR count). The lowest BCUT2D eigenvalue weighted by molar-refractivity contribution is -0.275. The summed E-state index contributed by atoms with van der Waals surface area (Å²) in [5.41, 5.74) is -3.97. The topological polar surface area (TPSA) is 66.5 Å². The van der Waals surface area contributed by atoms with Crippen LogP contribution in [-0.2, 0) is 16.6 Å². The van der Waals surface area contributed by atoms with Crippen LogP contribution in [0.1, 0.15) is 39.2 Å². The molecule has 5 nitrogen and oxygen atoms in total. The molecule has 32 heavy (non-hydrogen) atoms. The maximum atomic E-state index is 14.0. The van der Waals surface area contributed by atoms with Crippen LogP contribution in [0.4, 0.5) is 26.3 Å². The number of carbonyl (C=O) groups is 1. The van der Waals surface area contributed by atoms with Gasteiger partial charge in [0.25, 0.3) is 11.5 Å². The van der Waals surface area contributed by atoms with E-state index in [9.17, 15) is 31.1 Å². The minimum absolute atomic E-state index is 0.0810. The monoisotopic (exact) mass is 477 g/mol. The van der Waals surface area contributed by atoms with Crippen molar-refractivity contribution in [2.24, 2.45) is 5.16 Å². The van der Waals surface area contributed by atoms with Crippen molar-refractivity contribution in [1.82, 2.24) is 10.3 Å². The third kappa shape index (κ3) is 3.96. The van der Waals surface area contributed by atoms with Crippen molar-refractivity contribution >= 4 is 23.4 Å². The Labute approximate surface area is 182 Å². The zero-order valence-electron chi connectivity index (χ0n) is 16.5. The first-order valence-electron chi connectivity index (χ1n) is 9.48. The van der Waals surface area contributed by atoms with Gasteiger partial charge in [0.15, 0.2) is 0 Å². The normalized spacial score (nSPS) is 21.7. The number of oxime groups is 1. The first kappa shape index (κ1) is 22.6. The van der Waals surface area contributed by atoms with E-state index in [1.165, 1.54) is 18.2 Å². The lowest BCUT2D eigenvalue weighted by atomic mass is 9.87. The fraction of sp³-hybridized carbons (Fsp3) is 0.400. The molecule has 0 spiro atoms. The van der Waals surface area contributed by atoms with Crippen molar-refractivity contribution in [3.8, 4) is 0 Å². The number of amides is 1. The Bertz CT molecular complexity index is 1070. The highest BCUT2D eigenvalue weighted by atomic mass is 32.2. The molecule has 1 saturated heterocycles. The summed E-state index contributed by atoms with van der Waals surface area (Å²) >= 11 is 1.71. The number of rotatable bonds is 4. The van der Waals surface area contributed by atoms with Gasteiger partial charge in [-0.2, -0.15) is 38.1 Å². The number of nitrogens with one attached hydrogen (secondary N) is 2. The summed E-state index contributed by atoms with van der Waals surface area (Å²) in [6.07, 6.45) is -10.0. The van der Waals surface area contributed by atoms with E-state index in [0.29, 0.717) is 23.4 Å². The fourth-order valence-electron chi connectivity index (χ4n) is 3.53. The number of halogens is 6. The average molecular weight is 477 g/mol. The molecule has 1 atom stereocenters. The van der Waals surface area contributed by atoms with Gasteiger partial charge >= 0.3 is 12.4 Å². The minimum Gasteiger partial charge on any atom is -0.374 e. The smallest absolute Gasteiger partial charge is 0.374 e. The molecule has 0 saturated carbocycles. The largest absolute Gasteiger partial charge is 0.435 e. The fourth-order valence-corrected chi connectivity index (χ4v) is 4.17. The average Bonchev–Trinajstić information content (AvgIpc) is 3.31. The lowest BCUT2D eigenvalue weighted by Crippen LogP contribution is -2.44. The summed E-state index contributed by atoms with van der Waals surface area (Å²) in [5, 5.41) is 6.43. The van der Waals surface area contributed by atoms with Gasteiger partial charge in [-0.25, -0.2) is 0 Å². The molecular weight excluding hydrogens is 460 g/mol. The summed E-state index contributed by atoms with van der Waals surface area (Å²) in [7, 11) is 0. The van der Waals surface area contributed by atoms with Crippen LogP contribution in [-0.4, -0.2) is 40.3 Å². The Morgan fingerprint density at radius 1 is 1.22 bits per heavy atom. The molecule has 3 heterocycles. The van der Waals surface area contributed by atoms with Crippen LogP contribution >= 0.6 is 11.8 Å². The second-order valence-electron chi connectivity index (χ2n) is 7.67. The number of hydrogen-bond acceptors (Lipinski definition) is 4. The Morgan fingerprint density at radius 2 is 1.94 bits per heavy atom. The zero-order chi connectivity index (χ0) is 23.3. The Kier molecular flexibility index (Phi) is 5.46. The Balaban J connectivity index is 1.59. The van der Waals surface area contributed by atoms with Gasteiger partial charge in [-0.05, 0) is 36.2 Å². The molecular formula is C20H17F6N3O2S. The number of thioether (sulfide) groups is 1. The molecule has 2 N–H and O–H groups in total. The molecule has 1 amide bonds. The third-order valence-corrected chi connectivity index (χ3v) is 6.69. The van der Waals surface area contributed by atoms with Crippen molar-refractivity contribution < 1.29 is 36.0 Å². The number of aromatic nitrogens is 1. The molecule has 0 radical (unpaired) electrons. The van der Waals surface area contributed by atoms with Crippen LogP contribution in [0, 0.1) is 6.92 Å². The summed E-state index contributed by atoms with van der Waals surface area (Å²) in [6.45, 7) is 1.64. The summed E-state index contributed by atoms with van der Waals surface area (Å²) in [4.78, 5) is 19.0. The van der Waals surface area contributed by atoms with E-state index in [1.54, 1.807) is 18.7 Å². The quantitative estimate of drug-likeness (QED) is 0.624. The van der Waals surface area contributed by atoms with Crippen LogP contribution in [0.5, 0.6) is 0 Å². The van der Waals surface area contributed by atoms with Crippen molar-refractivity contribution in [3.63, 3.8) is 0 Å². The van der Waals surface area contributed by atoms with E-state index in [0.717, 1.165) is 11.5 Å². The number of benzene rings is 1. The third-order valence-electron chi connectivity index (χ3n) is 5.42. The van der Waals surface area contributed by atoms with Crippen LogP contribution in [0.15, 0.2) is 35.6 Å². The van der Waals surface area contributed by atoms with Crippen LogP contribution < -0.4 is 5.32 Å². The molecule has 2 aliphatic heterocycles. The molecule has 1 unspecified atom stereocenters. The minimum atomic E-state index is -5.03. The van der Waals surface area contributed by atoms with E-state index >= 15 is 0 Å². The van der Waals surface area contributed by atoms with E-state index in [-0.39, 0.29) is 23.2 Å². The van der Waals surface area contributed by atoms with Crippen molar-refractivity contribution in [1.29, 1.82) is 0 Å². The predicted molar refractivity (Wildman–Crippen MR) is 106 cm³/mol. The second-order valence-corrected chi connectivity index (χ2v) is 8.74. The molecule has 0 bridgehead atoms. The maximum Gasteiger partial charge on any atom is 0.435 e. The number of nitrogens with zero attached hydrogens (tertiary/aromatic N) is 1. The predicted octanol–water partition coefficient (Wildman–Crippen LogP) is 4.77. The summed E-state index contributed by atoms with van der Waals surface area (Å²) < 4.78 is 80.5. The molecule has 2 aromatic rings. The van der Waals surface area contributed by atoms with Crippen LogP contribution in [0.3, 0.4) is 0 Å². The Morgan fingerprint density at radius 3 is 2.47 bits per heavy atom. The molecule has 1 aromatic heterocycles. The number of H-pyrrole nitrogens is 1. The summed E-state index contributed by atoms with van der Waals surface area (Å²) in [6, 6.07) is 4.92. The van der Waals surface area contributed by atoms with Gasteiger partial charge in [0, 0.05) is 34.9 Å². The number of carbonyl (C=O) groups excluding carboxylic acids is 1. The number of hydrogen-bond donors (Lipinski definition) is 2. The lowest BCUT2D eigenvalue weighted by Gasteiger charge is -2.28. The van der Waals surface area contributed by atoms with Gasteiger partial charge in [-0.3, -0.25) is 4.79 Å². The van der Waals surface area contributed by atoms with Gasteiger partial charge in [-0.1, -0.05) is 11.2 Å². The molecule has 12 heteroatoms. The first-order valence-corrected chi connectivity index (χ1v) is 10.6. The molecule has 2 aliphatic rings. The van der Waals surface area contributed by atoms with Gasteiger partial charge in [0.05, 0.1) is 12.1 Å². The van der Waals surface area contributed by atoms with E-state index in [4.69, 9.17) is 4.84 Å². The zero-order valence-corrected chi connectivity index (χ0v) is 17.3. The molecule has 1 aromatic carbocycles.